The van der Waals surface area contributed by atoms with E-state index in [1.165, 1.54) is 0 Å². The highest BCUT2D eigenvalue weighted by Crippen LogP contribution is 2.14. The molecule has 1 heterocycles. The molecule has 0 amide bonds. The average molecular weight is 268 g/mol. The quantitative estimate of drug-likeness (QED) is 0.929. The summed E-state index contributed by atoms with van der Waals surface area (Å²) in [6, 6.07) is 7.91. The van der Waals surface area contributed by atoms with E-state index in [0.717, 1.165) is 10.2 Å². The third kappa shape index (κ3) is 2.79. The van der Waals surface area contributed by atoms with Crippen LogP contribution in [0.4, 0.5) is 5.69 Å². The first-order valence-corrected chi connectivity index (χ1v) is 5.32. The molecule has 0 saturated carbocycles. The van der Waals surface area contributed by atoms with E-state index in [2.05, 4.69) is 31.4 Å². The first kappa shape index (κ1) is 10.2. The van der Waals surface area contributed by atoms with Crippen LogP contribution in [0.3, 0.4) is 0 Å². The first-order chi connectivity index (χ1) is 7.24. The zero-order valence-electron chi connectivity index (χ0n) is 8.20. The summed E-state index contributed by atoms with van der Waals surface area (Å²) in [5, 5.41) is 10.8. The van der Waals surface area contributed by atoms with Crippen molar-refractivity contribution in [2.75, 3.05) is 5.32 Å². The lowest BCUT2D eigenvalue weighted by atomic mass is 10.3. The lowest BCUT2D eigenvalue weighted by Gasteiger charge is -2.02. The van der Waals surface area contributed by atoms with Crippen LogP contribution >= 0.6 is 15.9 Å². The molecule has 0 atom stereocenters. The number of aromatic nitrogens is 2. The Hall–Kier alpha value is -1.36. The van der Waals surface area contributed by atoms with E-state index in [4.69, 9.17) is 4.42 Å². The van der Waals surface area contributed by atoms with Gasteiger partial charge in [-0.15, -0.1) is 10.2 Å². The van der Waals surface area contributed by atoms with Gasteiger partial charge in [0.15, 0.2) is 0 Å². The average Bonchev–Trinajstić information content (AvgIpc) is 2.64. The molecule has 0 spiro atoms. The van der Waals surface area contributed by atoms with Crippen molar-refractivity contribution in [1.29, 1.82) is 0 Å². The van der Waals surface area contributed by atoms with Gasteiger partial charge in [0.05, 0.1) is 6.54 Å². The normalized spacial score (nSPS) is 10.3. The monoisotopic (exact) mass is 267 g/mol. The van der Waals surface area contributed by atoms with Gasteiger partial charge < -0.3 is 9.73 Å². The Balaban J connectivity index is 1.96. The second-order valence-electron chi connectivity index (χ2n) is 3.08. The maximum atomic E-state index is 5.23. The second kappa shape index (κ2) is 4.44. The third-order valence-electron chi connectivity index (χ3n) is 1.86. The van der Waals surface area contributed by atoms with E-state index in [-0.39, 0.29) is 0 Å². The van der Waals surface area contributed by atoms with Gasteiger partial charge in [-0.1, -0.05) is 15.9 Å². The van der Waals surface area contributed by atoms with Crippen LogP contribution in [0.2, 0.25) is 0 Å². The standard InChI is InChI=1S/C10H10BrN3O/c1-7-13-14-10(15-7)6-12-9-4-2-8(11)3-5-9/h2-5,12H,6H2,1H3. The highest BCUT2D eigenvalue weighted by Gasteiger charge is 2.01. The molecule has 2 rings (SSSR count). The highest BCUT2D eigenvalue weighted by molar-refractivity contribution is 9.10. The van der Waals surface area contributed by atoms with E-state index in [9.17, 15) is 0 Å². The molecule has 1 N–H and O–H groups in total. The summed E-state index contributed by atoms with van der Waals surface area (Å²) in [6.07, 6.45) is 0. The number of anilines is 1. The third-order valence-corrected chi connectivity index (χ3v) is 2.38. The summed E-state index contributed by atoms with van der Waals surface area (Å²) >= 11 is 3.38. The maximum absolute atomic E-state index is 5.23. The van der Waals surface area contributed by atoms with Gasteiger partial charge in [0, 0.05) is 17.1 Å². The van der Waals surface area contributed by atoms with E-state index in [0.29, 0.717) is 18.3 Å². The number of halogens is 1. The highest BCUT2D eigenvalue weighted by atomic mass is 79.9. The fourth-order valence-electron chi connectivity index (χ4n) is 1.15. The molecule has 5 heteroatoms. The van der Waals surface area contributed by atoms with Gasteiger partial charge in [-0.05, 0) is 24.3 Å². The molecular weight excluding hydrogens is 258 g/mol. The molecular formula is C10H10BrN3O. The van der Waals surface area contributed by atoms with Gasteiger partial charge in [0.25, 0.3) is 0 Å². The number of hydrogen-bond donors (Lipinski definition) is 1. The number of rotatable bonds is 3. The van der Waals surface area contributed by atoms with Crippen molar-refractivity contribution in [3.63, 3.8) is 0 Å². The zero-order valence-corrected chi connectivity index (χ0v) is 9.78. The summed E-state index contributed by atoms with van der Waals surface area (Å²) in [6.45, 7) is 2.32. The second-order valence-corrected chi connectivity index (χ2v) is 3.99. The fraction of sp³-hybridized carbons (Fsp3) is 0.200. The number of aryl methyl sites for hydroxylation is 1. The number of hydrogen-bond acceptors (Lipinski definition) is 4. The van der Waals surface area contributed by atoms with Crippen molar-refractivity contribution in [3.8, 4) is 0 Å². The Labute approximate surface area is 95.8 Å². The molecule has 0 aliphatic rings. The predicted molar refractivity (Wildman–Crippen MR) is 60.5 cm³/mol. The summed E-state index contributed by atoms with van der Waals surface area (Å²) < 4.78 is 6.29. The number of benzene rings is 1. The van der Waals surface area contributed by atoms with Crippen LogP contribution in [0.5, 0.6) is 0 Å². The van der Waals surface area contributed by atoms with E-state index >= 15 is 0 Å². The minimum Gasteiger partial charge on any atom is -0.424 e. The SMILES string of the molecule is Cc1nnc(CNc2ccc(Br)cc2)o1. The van der Waals surface area contributed by atoms with Crippen LogP contribution < -0.4 is 5.32 Å². The van der Waals surface area contributed by atoms with Gasteiger partial charge in [0.2, 0.25) is 11.8 Å². The maximum Gasteiger partial charge on any atom is 0.235 e. The molecule has 0 radical (unpaired) electrons. The molecule has 0 aliphatic carbocycles. The lowest BCUT2D eigenvalue weighted by Crippen LogP contribution is -1.99. The Kier molecular flexibility index (Phi) is 3.01. The van der Waals surface area contributed by atoms with Crippen molar-refractivity contribution < 1.29 is 4.42 Å². The smallest absolute Gasteiger partial charge is 0.235 e. The van der Waals surface area contributed by atoms with E-state index < -0.39 is 0 Å². The van der Waals surface area contributed by atoms with E-state index in [1.807, 2.05) is 24.3 Å². The molecule has 1 aromatic heterocycles. The van der Waals surface area contributed by atoms with Gasteiger partial charge in [-0.25, -0.2) is 0 Å². The molecule has 2 aromatic rings. The molecule has 0 bridgehead atoms. The molecule has 4 nitrogen and oxygen atoms in total. The topological polar surface area (TPSA) is 51.0 Å². The predicted octanol–water partition coefficient (Wildman–Crippen LogP) is 2.75. The number of nitrogens with one attached hydrogen (secondary N) is 1. The lowest BCUT2D eigenvalue weighted by molar-refractivity contribution is 0.475. The van der Waals surface area contributed by atoms with Crippen molar-refractivity contribution in [2.24, 2.45) is 0 Å². The Morgan fingerprint density at radius 3 is 2.60 bits per heavy atom. The first-order valence-electron chi connectivity index (χ1n) is 4.52. The fourth-order valence-corrected chi connectivity index (χ4v) is 1.42. The van der Waals surface area contributed by atoms with Crippen molar-refractivity contribution >= 4 is 21.6 Å². The van der Waals surface area contributed by atoms with Gasteiger partial charge in [-0.3, -0.25) is 0 Å². The van der Waals surface area contributed by atoms with Crippen molar-refractivity contribution in [2.45, 2.75) is 13.5 Å². The minimum absolute atomic E-state index is 0.544. The molecule has 15 heavy (non-hydrogen) atoms. The molecule has 0 saturated heterocycles. The summed E-state index contributed by atoms with van der Waals surface area (Å²) in [7, 11) is 0. The molecule has 0 unspecified atom stereocenters. The zero-order chi connectivity index (χ0) is 10.7. The Bertz CT molecular complexity index is 438. The molecule has 0 fully saturated rings. The Morgan fingerprint density at radius 2 is 2.00 bits per heavy atom. The largest absolute Gasteiger partial charge is 0.424 e. The van der Waals surface area contributed by atoms with Gasteiger partial charge >= 0.3 is 0 Å². The summed E-state index contributed by atoms with van der Waals surface area (Å²) in [4.78, 5) is 0. The van der Waals surface area contributed by atoms with Crippen LogP contribution in [0.1, 0.15) is 11.8 Å². The van der Waals surface area contributed by atoms with Crippen molar-refractivity contribution in [1.82, 2.24) is 10.2 Å². The summed E-state index contributed by atoms with van der Waals surface area (Å²) in [5.74, 6) is 1.18. The van der Waals surface area contributed by atoms with Crippen molar-refractivity contribution in [3.05, 3.63) is 40.5 Å². The molecule has 0 aliphatic heterocycles. The van der Waals surface area contributed by atoms with Crippen LogP contribution in [-0.4, -0.2) is 10.2 Å². The summed E-state index contributed by atoms with van der Waals surface area (Å²) in [5.41, 5.74) is 1.02. The van der Waals surface area contributed by atoms with Crippen LogP contribution in [0, 0.1) is 6.92 Å². The van der Waals surface area contributed by atoms with Gasteiger partial charge in [0.1, 0.15) is 0 Å². The minimum atomic E-state index is 0.544. The molecule has 1 aromatic carbocycles. The van der Waals surface area contributed by atoms with Crippen LogP contribution in [0.25, 0.3) is 0 Å². The van der Waals surface area contributed by atoms with Crippen LogP contribution in [0.15, 0.2) is 33.2 Å². The van der Waals surface area contributed by atoms with E-state index in [1.54, 1.807) is 6.92 Å². The van der Waals surface area contributed by atoms with Gasteiger partial charge in [-0.2, -0.15) is 0 Å². The molecule has 78 valence electrons. The van der Waals surface area contributed by atoms with Crippen LogP contribution in [-0.2, 0) is 6.54 Å². The number of nitrogens with zero attached hydrogens (tertiary/aromatic N) is 2. The Morgan fingerprint density at radius 1 is 1.27 bits per heavy atom.